The summed E-state index contributed by atoms with van der Waals surface area (Å²) in [4.78, 5) is 27.3. The molecule has 2 fully saturated rings. The summed E-state index contributed by atoms with van der Waals surface area (Å²) < 4.78 is 0. The number of urea groups is 1. The van der Waals surface area contributed by atoms with Crippen molar-refractivity contribution in [1.82, 2.24) is 9.80 Å². The summed E-state index contributed by atoms with van der Waals surface area (Å²) in [5, 5.41) is 18.2. The highest BCUT2D eigenvalue weighted by atomic mass is 16.4. The van der Waals surface area contributed by atoms with Crippen LogP contribution < -0.4 is 0 Å². The molecule has 6 heteroatoms. The number of hydrogen-bond donors (Lipinski definition) is 2. The Labute approximate surface area is 119 Å². The Kier molecular flexibility index (Phi) is 4.52. The van der Waals surface area contributed by atoms with Crippen LogP contribution in [0.15, 0.2) is 0 Å². The number of carboxylic acid groups (broad SMARTS) is 1. The number of aliphatic hydroxyl groups is 1. The third kappa shape index (κ3) is 3.06. The summed E-state index contributed by atoms with van der Waals surface area (Å²) >= 11 is 0. The van der Waals surface area contributed by atoms with Gasteiger partial charge in [-0.25, -0.2) is 4.79 Å². The van der Waals surface area contributed by atoms with Crippen LogP contribution in [0.1, 0.15) is 32.6 Å². The fourth-order valence-electron chi connectivity index (χ4n) is 3.20. The molecule has 0 aromatic heterocycles. The molecule has 20 heavy (non-hydrogen) atoms. The molecule has 0 aromatic carbocycles. The first-order valence-corrected chi connectivity index (χ1v) is 7.34. The van der Waals surface area contributed by atoms with Gasteiger partial charge in [0.1, 0.15) is 0 Å². The number of aliphatic carboxylic acids is 1. The van der Waals surface area contributed by atoms with E-state index in [1.165, 1.54) is 0 Å². The monoisotopic (exact) mass is 284 g/mol. The lowest BCUT2D eigenvalue weighted by Crippen LogP contribution is -2.52. The smallest absolute Gasteiger partial charge is 0.320 e. The Balaban J connectivity index is 1.94. The lowest BCUT2D eigenvalue weighted by atomic mass is 9.82. The Bertz CT molecular complexity index is 387. The van der Waals surface area contributed by atoms with Crippen molar-refractivity contribution in [1.29, 1.82) is 0 Å². The summed E-state index contributed by atoms with van der Waals surface area (Å²) in [7, 11) is 0. The fourth-order valence-corrected chi connectivity index (χ4v) is 3.20. The SMILES string of the molecule is CC1(C(=O)O)CCCN(C(=O)N2CCC(CCO)C2)C1. The van der Waals surface area contributed by atoms with E-state index in [4.69, 9.17) is 5.11 Å². The summed E-state index contributed by atoms with van der Waals surface area (Å²) in [5.74, 6) is -0.450. The number of rotatable bonds is 3. The van der Waals surface area contributed by atoms with E-state index in [1.807, 2.05) is 0 Å². The first-order chi connectivity index (χ1) is 9.46. The van der Waals surface area contributed by atoms with Gasteiger partial charge in [0.2, 0.25) is 0 Å². The first-order valence-electron chi connectivity index (χ1n) is 7.34. The fraction of sp³-hybridized carbons (Fsp3) is 0.857. The minimum Gasteiger partial charge on any atom is -0.481 e. The Morgan fingerprint density at radius 1 is 1.30 bits per heavy atom. The largest absolute Gasteiger partial charge is 0.481 e. The predicted molar refractivity (Wildman–Crippen MR) is 73.3 cm³/mol. The number of amides is 2. The van der Waals surface area contributed by atoms with Crippen LogP contribution in [0.2, 0.25) is 0 Å². The van der Waals surface area contributed by atoms with Crippen molar-refractivity contribution in [2.45, 2.75) is 32.6 Å². The van der Waals surface area contributed by atoms with Gasteiger partial charge in [0.15, 0.2) is 0 Å². The highest BCUT2D eigenvalue weighted by Crippen LogP contribution is 2.31. The van der Waals surface area contributed by atoms with Gasteiger partial charge in [-0.2, -0.15) is 0 Å². The minimum absolute atomic E-state index is 0.0439. The second-order valence-corrected chi connectivity index (χ2v) is 6.29. The molecule has 0 saturated carbocycles. The highest BCUT2D eigenvalue weighted by Gasteiger charge is 2.41. The van der Waals surface area contributed by atoms with E-state index < -0.39 is 11.4 Å². The third-order valence-corrected chi connectivity index (χ3v) is 4.58. The summed E-state index contributed by atoms with van der Waals surface area (Å²) in [6, 6.07) is -0.0439. The maximum absolute atomic E-state index is 12.5. The maximum atomic E-state index is 12.5. The third-order valence-electron chi connectivity index (χ3n) is 4.58. The molecule has 2 aliphatic rings. The van der Waals surface area contributed by atoms with E-state index in [0.717, 1.165) is 19.3 Å². The van der Waals surface area contributed by atoms with Gasteiger partial charge in [-0.1, -0.05) is 0 Å². The predicted octanol–water partition coefficient (Wildman–Crippen LogP) is 0.997. The van der Waals surface area contributed by atoms with Crippen LogP contribution in [0.5, 0.6) is 0 Å². The van der Waals surface area contributed by atoms with Gasteiger partial charge in [-0.15, -0.1) is 0 Å². The van der Waals surface area contributed by atoms with Gasteiger partial charge in [-0.3, -0.25) is 4.79 Å². The number of nitrogens with zero attached hydrogens (tertiary/aromatic N) is 2. The number of carbonyl (C=O) groups excluding carboxylic acids is 1. The van der Waals surface area contributed by atoms with Gasteiger partial charge in [0.05, 0.1) is 5.41 Å². The van der Waals surface area contributed by atoms with E-state index in [9.17, 15) is 14.7 Å². The molecule has 6 nitrogen and oxygen atoms in total. The molecule has 2 amide bonds. The maximum Gasteiger partial charge on any atom is 0.320 e. The zero-order valence-corrected chi connectivity index (χ0v) is 12.0. The number of carbonyl (C=O) groups is 2. The van der Waals surface area contributed by atoms with E-state index in [-0.39, 0.29) is 12.6 Å². The quantitative estimate of drug-likeness (QED) is 0.810. The number of likely N-dealkylation sites (tertiary alicyclic amines) is 2. The van der Waals surface area contributed by atoms with E-state index in [1.54, 1.807) is 16.7 Å². The molecule has 2 unspecified atom stereocenters. The molecule has 0 spiro atoms. The van der Waals surface area contributed by atoms with Crippen LogP contribution in [-0.4, -0.2) is 64.8 Å². The molecule has 2 aliphatic heterocycles. The van der Waals surface area contributed by atoms with Gasteiger partial charge < -0.3 is 20.0 Å². The second kappa shape index (κ2) is 5.99. The zero-order valence-electron chi connectivity index (χ0n) is 12.0. The molecule has 0 aliphatic carbocycles. The van der Waals surface area contributed by atoms with Crippen LogP contribution in [0.3, 0.4) is 0 Å². The molecule has 2 heterocycles. The topological polar surface area (TPSA) is 81.1 Å². The first kappa shape index (κ1) is 15.1. The summed E-state index contributed by atoms with van der Waals surface area (Å²) in [6.07, 6.45) is 3.02. The lowest BCUT2D eigenvalue weighted by Gasteiger charge is -2.39. The molecule has 2 N–H and O–H groups in total. The number of carboxylic acids is 1. The van der Waals surface area contributed by atoms with Crippen LogP contribution in [0, 0.1) is 11.3 Å². The van der Waals surface area contributed by atoms with Crippen molar-refractivity contribution in [2.75, 3.05) is 32.8 Å². The number of aliphatic hydroxyl groups excluding tert-OH is 1. The molecule has 0 aromatic rings. The molecule has 0 bridgehead atoms. The van der Waals surface area contributed by atoms with Crippen LogP contribution in [0.4, 0.5) is 4.79 Å². The molecule has 2 atom stereocenters. The summed E-state index contributed by atoms with van der Waals surface area (Å²) in [6.45, 7) is 4.20. The Morgan fingerprint density at radius 2 is 2.05 bits per heavy atom. The van der Waals surface area contributed by atoms with Crippen LogP contribution in [0.25, 0.3) is 0 Å². The van der Waals surface area contributed by atoms with E-state index in [0.29, 0.717) is 38.5 Å². The highest BCUT2D eigenvalue weighted by molar-refractivity contribution is 5.78. The molecule has 2 saturated heterocycles. The van der Waals surface area contributed by atoms with E-state index in [2.05, 4.69) is 0 Å². The molecule has 0 radical (unpaired) electrons. The molecule has 2 rings (SSSR count). The average Bonchev–Trinajstić information content (AvgIpc) is 2.87. The van der Waals surface area contributed by atoms with Crippen molar-refractivity contribution in [3.8, 4) is 0 Å². The number of hydrogen-bond acceptors (Lipinski definition) is 3. The van der Waals surface area contributed by atoms with Crippen molar-refractivity contribution < 1.29 is 19.8 Å². The standard InChI is InChI=1S/C14H24N2O4/c1-14(12(18)19)5-2-6-16(10-14)13(20)15-7-3-11(9-15)4-8-17/h11,17H,2-10H2,1H3,(H,18,19). The minimum atomic E-state index is -0.824. The van der Waals surface area contributed by atoms with Crippen molar-refractivity contribution >= 4 is 12.0 Å². The summed E-state index contributed by atoms with van der Waals surface area (Å²) in [5.41, 5.74) is -0.821. The van der Waals surface area contributed by atoms with Crippen molar-refractivity contribution in [3.63, 3.8) is 0 Å². The van der Waals surface area contributed by atoms with Crippen LogP contribution in [-0.2, 0) is 4.79 Å². The number of piperidine rings is 1. The average molecular weight is 284 g/mol. The van der Waals surface area contributed by atoms with Crippen molar-refractivity contribution in [3.05, 3.63) is 0 Å². The molecular formula is C14H24N2O4. The Hall–Kier alpha value is -1.30. The molecular weight excluding hydrogens is 260 g/mol. The normalized spacial score (nSPS) is 30.6. The van der Waals surface area contributed by atoms with Crippen molar-refractivity contribution in [2.24, 2.45) is 11.3 Å². The van der Waals surface area contributed by atoms with Gasteiger partial charge in [0.25, 0.3) is 0 Å². The van der Waals surface area contributed by atoms with E-state index >= 15 is 0 Å². The van der Waals surface area contributed by atoms with Crippen LogP contribution >= 0.6 is 0 Å². The van der Waals surface area contributed by atoms with Gasteiger partial charge >= 0.3 is 12.0 Å². The van der Waals surface area contributed by atoms with Gasteiger partial charge in [0, 0.05) is 32.8 Å². The lowest BCUT2D eigenvalue weighted by molar-refractivity contribution is -0.150. The second-order valence-electron chi connectivity index (χ2n) is 6.29. The molecule has 114 valence electrons. The van der Waals surface area contributed by atoms with Gasteiger partial charge in [-0.05, 0) is 38.5 Å². The Morgan fingerprint density at radius 3 is 2.70 bits per heavy atom. The zero-order chi connectivity index (χ0) is 14.8.